The van der Waals surface area contributed by atoms with Crippen molar-refractivity contribution in [3.8, 4) is 11.5 Å². The SMILES string of the molecule is COc1ccccc1NC(=O)N1CCCC1COc1ccc(C(=O)N2CCOCC2)cc1. The van der Waals surface area contributed by atoms with Gasteiger partial charge in [-0.05, 0) is 49.2 Å². The second-order valence-electron chi connectivity index (χ2n) is 7.86. The Labute approximate surface area is 188 Å². The maximum Gasteiger partial charge on any atom is 0.322 e. The summed E-state index contributed by atoms with van der Waals surface area (Å²) >= 11 is 0. The predicted molar refractivity (Wildman–Crippen MR) is 120 cm³/mol. The van der Waals surface area contributed by atoms with E-state index in [1.807, 2.05) is 41.3 Å². The van der Waals surface area contributed by atoms with Crippen molar-refractivity contribution in [2.45, 2.75) is 18.9 Å². The number of hydrogen-bond acceptors (Lipinski definition) is 5. The Bertz CT molecular complexity index is 927. The van der Waals surface area contributed by atoms with Crippen LogP contribution in [-0.2, 0) is 4.74 Å². The second kappa shape index (κ2) is 10.4. The first-order valence-electron chi connectivity index (χ1n) is 11.0. The first kappa shape index (κ1) is 22.0. The lowest BCUT2D eigenvalue weighted by Crippen LogP contribution is -2.41. The molecule has 0 bridgehead atoms. The van der Waals surface area contributed by atoms with Crippen molar-refractivity contribution in [2.75, 3.05) is 51.9 Å². The molecule has 3 amide bonds. The molecule has 2 aromatic rings. The summed E-state index contributed by atoms with van der Waals surface area (Å²) in [5, 5.41) is 2.94. The molecule has 1 unspecified atom stereocenters. The van der Waals surface area contributed by atoms with Crippen LogP contribution in [0.3, 0.4) is 0 Å². The number of amides is 3. The third kappa shape index (κ3) is 5.13. The molecule has 1 atom stereocenters. The number of nitrogens with zero attached hydrogens (tertiary/aromatic N) is 2. The van der Waals surface area contributed by atoms with Crippen molar-refractivity contribution in [1.29, 1.82) is 0 Å². The fourth-order valence-electron chi connectivity index (χ4n) is 4.05. The Morgan fingerprint density at radius 1 is 1.06 bits per heavy atom. The predicted octanol–water partition coefficient (Wildman–Crippen LogP) is 3.24. The fraction of sp³-hybridized carbons (Fsp3) is 0.417. The Balaban J connectivity index is 1.31. The van der Waals surface area contributed by atoms with Crippen LogP contribution in [0.15, 0.2) is 48.5 Å². The van der Waals surface area contributed by atoms with Gasteiger partial charge in [0.2, 0.25) is 0 Å². The summed E-state index contributed by atoms with van der Waals surface area (Å²) in [6.07, 6.45) is 1.81. The van der Waals surface area contributed by atoms with Gasteiger partial charge in [0.1, 0.15) is 18.1 Å². The molecule has 2 saturated heterocycles. The zero-order chi connectivity index (χ0) is 22.3. The molecule has 1 N–H and O–H groups in total. The van der Waals surface area contributed by atoms with Crippen LogP contribution >= 0.6 is 0 Å². The molecule has 0 spiro atoms. The number of carbonyl (C=O) groups excluding carboxylic acids is 2. The molecule has 32 heavy (non-hydrogen) atoms. The largest absolute Gasteiger partial charge is 0.495 e. The summed E-state index contributed by atoms with van der Waals surface area (Å²) in [6, 6.07) is 14.4. The molecule has 0 saturated carbocycles. The Kier molecular flexibility index (Phi) is 7.11. The lowest BCUT2D eigenvalue weighted by Gasteiger charge is -2.27. The number of likely N-dealkylation sites (tertiary alicyclic amines) is 1. The number of nitrogens with one attached hydrogen (secondary N) is 1. The standard InChI is InChI=1S/C24H29N3O5/c1-30-22-7-3-2-6-21(22)25-24(29)27-12-4-5-19(27)17-32-20-10-8-18(9-11-20)23(28)26-13-15-31-16-14-26/h2-3,6-11,19H,4-5,12-17H2,1H3,(H,25,29). The molecule has 170 valence electrons. The summed E-state index contributed by atoms with van der Waals surface area (Å²) in [5.74, 6) is 1.31. The Morgan fingerprint density at radius 2 is 1.81 bits per heavy atom. The van der Waals surface area contributed by atoms with E-state index >= 15 is 0 Å². The molecule has 2 aliphatic rings. The molecule has 2 heterocycles. The van der Waals surface area contributed by atoms with Crippen LogP contribution in [0.5, 0.6) is 11.5 Å². The van der Waals surface area contributed by atoms with Gasteiger partial charge < -0.3 is 29.3 Å². The van der Waals surface area contributed by atoms with Gasteiger partial charge >= 0.3 is 6.03 Å². The van der Waals surface area contributed by atoms with E-state index in [9.17, 15) is 9.59 Å². The zero-order valence-corrected chi connectivity index (χ0v) is 18.3. The summed E-state index contributed by atoms with van der Waals surface area (Å²) in [6.45, 7) is 3.47. The van der Waals surface area contributed by atoms with Crippen LogP contribution in [0, 0.1) is 0 Å². The Morgan fingerprint density at radius 3 is 2.56 bits per heavy atom. The number of para-hydroxylation sites is 2. The van der Waals surface area contributed by atoms with Gasteiger partial charge in [-0.25, -0.2) is 4.79 Å². The number of benzene rings is 2. The van der Waals surface area contributed by atoms with Crippen LogP contribution < -0.4 is 14.8 Å². The minimum absolute atomic E-state index is 0.00910. The highest BCUT2D eigenvalue weighted by Crippen LogP contribution is 2.26. The molecular weight excluding hydrogens is 410 g/mol. The number of hydrogen-bond donors (Lipinski definition) is 1. The molecule has 4 rings (SSSR count). The molecule has 0 aromatic heterocycles. The average molecular weight is 440 g/mol. The summed E-state index contributed by atoms with van der Waals surface area (Å²) in [5.41, 5.74) is 1.28. The average Bonchev–Trinajstić information content (AvgIpc) is 3.32. The number of morpholine rings is 1. The molecule has 8 nitrogen and oxygen atoms in total. The maximum atomic E-state index is 12.8. The van der Waals surface area contributed by atoms with E-state index in [0.29, 0.717) is 62.2 Å². The molecular formula is C24H29N3O5. The summed E-state index contributed by atoms with van der Waals surface area (Å²) < 4.78 is 16.6. The number of rotatable bonds is 6. The fourth-order valence-corrected chi connectivity index (χ4v) is 4.05. The molecule has 0 aliphatic carbocycles. The van der Waals surface area contributed by atoms with Crippen molar-refractivity contribution in [2.24, 2.45) is 0 Å². The van der Waals surface area contributed by atoms with E-state index in [1.54, 1.807) is 24.1 Å². The number of ether oxygens (including phenoxy) is 3. The molecule has 2 aliphatic heterocycles. The first-order valence-corrected chi connectivity index (χ1v) is 11.0. The normalized spacial score (nSPS) is 18.3. The van der Waals surface area contributed by atoms with E-state index in [1.165, 1.54) is 0 Å². The zero-order valence-electron chi connectivity index (χ0n) is 18.3. The number of methoxy groups -OCH3 is 1. The summed E-state index contributed by atoms with van der Waals surface area (Å²) in [4.78, 5) is 29.0. The first-order chi connectivity index (χ1) is 15.7. The van der Waals surface area contributed by atoms with E-state index in [2.05, 4.69) is 5.32 Å². The topological polar surface area (TPSA) is 80.3 Å². The molecule has 2 fully saturated rings. The van der Waals surface area contributed by atoms with Gasteiger partial charge in [0.05, 0.1) is 32.1 Å². The smallest absolute Gasteiger partial charge is 0.322 e. The van der Waals surface area contributed by atoms with Crippen molar-refractivity contribution >= 4 is 17.6 Å². The molecule has 2 aromatic carbocycles. The van der Waals surface area contributed by atoms with Crippen LogP contribution in [-0.4, -0.2) is 74.3 Å². The highest BCUT2D eigenvalue weighted by atomic mass is 16.5. The number of carbonyl (C=O) groups is 2. The van der Waals surface area contributed by atoms with Gasteiger partial charge in [0, 0.05) is 25.2 Å². The van der Waals surface area contributed by atoms with Gasteiger partial charge in [0.15, 0.2) is 0 Å². The minimum Gasteiger partial charge on any atom is -0.495 e. The van der Waals surface area contributed by atoms with Crippen molar-refractivity contribution in [3.63, 3.8) is 0 Å². The van der Waals surface area contributed by atoms with Crippen LogP contribution in [0.1, 0.15) is 23.2 Å². The van der Waals surface area contributed by atoms with E-state index < -0.39 is 0 Å². The highest BCUT2D eigenvalue weighted by Gasteiger charge is 2.30. The van der Waals surface area contributed by atoms with Crippen LogP contribution in [0.4, 0.5) is 10.5 Å². The minimum atomic E-state index is -0.160. The van der Waals surface area contributed by atoms with E-state index in [0.717, 1.165) is 12.8 Å². The number of anilines is 1. The monoisotopic (exact) mass is 439 g/mol. The molecule has 0 radical (unpaired) electrons. The quantitative estimate of drug-likeness (QED) is 0.748. The van der Waals surface area contributed by atoms with Crippen molar-refractivity contribution < 1.29 is 23.8 Å². The van der Waals surface area contributed by atoms with Crippen molar-refractivity contribution in [1.82, 2.24) is 9.80 Å². The maximum absolute atomic E-state index is 12.8. The lowest BCUT2D eigenvalue weighted by atomic mass is 10.2. The van der Waals surface area contributed by atoms with Gasteiger partial charge in [-0.1, -0.05) is 12.1 Å². The Hall–Kier alpha value is -3.26. The van der Waals surface area contributed by atoms with Gasteiger partial charge in [-0.15, -0.1) is 0 Å². The van der Waals surface area contributed by atoms with Gasteiger partial charge in [0.25, 0.3) is 5.91 Å². The van der Waals surface area contributed by atoms with E-state index in [-0.39, 0.29) is 18.0 Å². The van der Waals surface area contributed by atoms with E-state index in [4.69, 9.17) is 14.2 Å². The van der Waals surface area contributed by atoms with Gasteiger partial charge in [-0.3, -0.25) is 4.79 Å². The van der Waals surface area contributed by atoms with Crippen LogP contribution in [0.25, 0.3) is 0 Å². The molecule has 8 heteroatoms. The third-order valence-corrected chi connectivity index (χ3v) is 5.83. The van der Waals surface area contributed by atoms with Gasteiger partial charge in [-0.2, -0.15) is 0 Å². The number of urea groups is 1. The second-order valence-corrected chi connectivity index (χ2v) is 7.86. The van der Waals surface area contributed by atoms with Crippen LogP contribution in [0.2, 0.25) is 0 Å². The highest BCUT2D eigenvalue weighted by molar-refractivity contribution is 5.94. The third-order valence-electron chi connectivity index (χ3n) is 5.83. The van der Waals surface area contributed by atoms with Crippen molar-refractivity contribution in [3.05, 3.63) is 54.1 Å². The summed E-state index contributed by atoms with van der Waals surface area (Å²) in [7, 11) is 1.58. The lowest BCUT2D eigenvalue weighted by molar-refractivity contribution is 0.0303.